The molecular weight excluding hydrogens is 160 g/mol. The van der Waals surface area contributed by atoms with Crippen molar-refractivity contribution in [2.24, 2.45) is 4.99 Å². The molecular formula is C11H20N2. The van der Waals surface area contributed by atoms with Crippen LogP contribution in [0.4, 0.5) is 0 Å². The smallest absolute Gasteiger partial charge is 0.135 e. The van der Waals surface area contributed by atoms with E-state index < -0.39 is 0 Å². The highest BCUT2D eigenvalue weighted by molar-refractivity contribution is 5.34. The Balaban J connectivity index is -0.000000169. The number of nitrogens with zero attached hydrogens (tertiary/aromatic N) is 2. The van der Waals surface area contributed by atoms with Crippen LogP contribution in [0.15, 0.2) is 29.4 Å². The lowest BCUT2D eigenvalue weighted by Crippen LogP contribution is -1.67. The van der Waals surface area contributed by atoms with Gasteiger partial charge in [-0.2, -0.15) is 5.26 Å². The van der Waals surface area contributed by atoms with Gasteiger partial charge in [0.1, 0.15) is 11.8 Å². The molecule has 0 saturated carbocycles. The highest BCUT2D eigenvalue weighted by atomic mass is 14.7. The fourth-order valence-electron chi connectivity index (χ4n) is 0.339. The number of nitriles is 1. The summed E-state index contributed by atoms with van der Waals surface area (Å²) in [7, 11) is 0. The number of allylic oxidation sites excluding steroid dienone is 3. The van der Waals surface area contributed by atoms with Crippen LogP contribution in [-0.4, -0.2) is 6.72 Å². The molecule has 0 bridgehead atoms. The van der Waals surface area contributed by atoms with Crippen molar-refractivity contribution in [2.75, 3.05) is 0 Å². The van der Waals surface area contributed by atoms with E-state index in [4.69, 9.17) is 5.26 Å². The molecule has 0 spiro atoms. The first-order valence-corrected chi connectivity index (χ1v) is 4.40. The minimum Gasteiger partial charge on any atom is -0.254 e. The second-order valence-electron chi connectivity index (χ2n) is 1.68. The summed E-state index contributed by atoms with van der Waals surface area (Å²) in [6.07, 6.45) is 4.31. The third-order valence-electron chi connectivity index (χ3n) is 0.682. The molecule has 2 nitrogen and oxygen atoms in total. The maximum Gasteiger partial charge on any atom is 0.135 e. The summed E-state index contributed by atoms with van der Waals surface area (Å²) >= 11 is 0. The molecule has 0 aromatic rings. The summed E-state index contributed by atoms with van der Waals surface area (Å²) in [6, 6.07) is 1.88. The molecule has 0 aliphatic heterocycles. The standard InChI is InChI=1S/C6H8N2.C3H6.C2H6/c1-3-4-6(5-7)8-2;1-3-2;1-2/h4H,2-3H2,1H3;3H,1H2,2H3;1-2H3/b6-4+;;. The third kappa shape index (κ3) is 25.0. The second kappa shape index (κ2) is 22.4. The van der Waals surface area contributed by atoms with Crippen LogP contribution in [0.2, 0.25) is 0 Å². The Morgan fingerprint density at radius 3 is 2.00 bits per heavy atom. The fraction of sp³-hybridized carbons (Fsp3) is 0.455. The van der Waals surface area contributed by atoms with Crippen LogP contribution < -0.4 is 0 Å². The van der Waals surface area contributed by atoms with Crippen LogP contribution >= 0.6 is 0 Å². The Hall–Kier alpha value is -1.36. The van der Waals surface area contributed by atoms with Crippen LogP contribution in [0.1, 0.15) is 34.1 Å². The van der Waals surface area contributed by atoms with Crippen molar-refractivity contribution < 1.29 is 0 Å². The lowest BCUT2D eigenvalue weighted by atomic mass is 10.4. The molecule has 0 N–H and O–H groups in total. The molecule has 0 aromatic heterocycles. The van der Waals surface area contributed by atoms with Gasteiger partial charge in [0.25, 0.3) is 0 Å². The molecule has 0 aliphatic rings. The number of aliphatic imine (C=N–C) groups is 1. The Kier molecular flexibility index (Phi) is 30.5. The van der Waals surface area contributed by atoms with E-state index in [-0.39, 0.29) is 0 Å². The number of hydrogen-bond donors (Lipinski definition) is 0. The first-order valence-electron chi connectivity index (χ1n) is 4.40. The van der Waals surface area contributed by atoms with Crippen molar-refractivity contribution in [3.8, 4) is 6.07 Å². The monoisotopic (exact) mass is 180 g/mol. The van der Waals surface area contributed by atoms with Crippen molar-refractivity contribution in [1.29, 1.82) is 5.26 Å². The molecule has 74 valence electrons. The average Bonchev–Trinajstić information content (AvgIpc) is 2.18. The van der Waals surface area contributed by atoms with Gasteiger partial charge in [-0.05, 0) is 26.1 Å². The van der Waals surface area contributed by atoms with E-state index in [1.54, 1.807) is 12.2 Å². The molecule has 13 heavy (non-hydrogen) atoms. The summed E-state index contributed by atoms with van der Waals surface area (Å²) in [6.45, 7) is 14.4. The molecule has 0 radical (unpaired) electrons. The highest BCUT2D eigenvalue weighted by Crippen LogP contribution is 1.92. The fourth-order valence-corrected chi connectivity index (χ4v) is 0.339. The van der Waals surface area contributed by atoms with Gasteiger partial charge in [0.05, 0.1) is 0 Å². The highest BCUT2D eigenvalue weighted by Gasteiger charge is 1.81. The Labute approximate surface area is 82.3 Å². The van der Waals surface area contributed by atoms with E-state index in [1.165, 1.54) is 0 Å². The van der Waals surface area contributed by atoms with Gasteiger partial charge in [-0.25, -0.2) is 0 Å². The first kappa shape index (κ1) is 17.7. The molecule has 0 aromatic carbocycles. The van der Waals surface area contributed by atoms with Gasteiger partial charge in [0.15, 0.2) is 0 Å². The second-order valence-corrected chi connectivity index (χ2v) is 1.68. The van der Waals surface area contributed by atoms with E-state index in [1.807, 2.05) is 33.8 Å². The number of rotatable bonds is 2. The van der Waals surface area contributed by atoms with Crippen LogP contribution in [0, 0.1) is 11.3 Å². The van der Waals surface area contributed by atoms with E-state index in [9.17, 15) is 0 Å². The SMILES string of the molecule is C=CC.C=N/C(C#N)=C/CC.CC. The van der Waals surface area contributed by atoms with Crippen molar-refractivity contribution in [1.82, 2.24) is 0 Å². The maximum absolute atomic E-state index is 8.21. The molecule has 0 unspecified atom stereocenters. The van der Waals surface area contributed by atoms with E-state index >= 15 is 0 Å². The minimum absolute atomic E-state index is 0.410. The zero-order valence-corrected chi connectivity index (χ0v) is 9.17. The van der Waals surface area contributed by atoms with Crippen LogP contribution in [0.5, 0.6) is 0 Å². The largest absolute Gasteiger partial charge is 0.254 e. The topological polar surface area (TPSA) is 36.1 Å². The molecule has 0 aliphatic carbocycles. The van der Waals surface area contributed by atoms with Gasteiger partial charge in [0.2, 0.25) is 0 Å². The normalized spacial score (nSPS) is 7.77. The van der Waals surface area contributed by atoms with Crippen molar-refractivity contribution in [3.63, 3.8) is 0 Å². The summed E-state index contributed by atoms with van der Waals surface area (Å²) in [4.78, 5) is 3.45. The van der Waals surface area contributed by atoms with Gasteiger partial charge in [-0.1, -0.05) is 26.8 Å². The summed E-state index contributed by atoms with van der Waals surface area (Å²) in [5, 5.41) is 8.21. The van der Waals surface area contributed by atoms with Gasteiger partial charge < -0.3 is 0 Å². The van der Waals surface area contributed by atoms with Gasteiger partial charge in [-0.3, -0.25) is 4.99 Å². The van der Waals surface area contributed by atoms with Crippen LogP contribution in [0.25, 0.3) is 0 Å². The maximum atomic E-state index is 8.21. The number of hydrogen-bond acceptors (Lipinski definition) is 2. The molecule has 0 amide bonds. The molecule has 0 saturated heterocycles. The Morgan fingerprint density at radius 1 is 1.54 bits per heavy atom. The van der Waals surface area contributed by atoms with Gasteiger partial charge in [0, 0.05) is 0 Å². The lowest BCUT2D eigenvalue weighted by Gasteiger charge is -1.79. The predicted octanol–water partition coefficient (Wildman–Crippen LogP) is 3.72. The molecule has 2 heteroatoms. The zero-order chi connectivity index (χ0) is 11.1. The van der Waals surface area contributed by atoms with Gasteiger partial charge in [-0.15, -0.1) is 6.58 Å². The minimum atomic E-state index is 0.410. The molecule has 0 fully saturated rings. The molecule has 0 rings (SSSR count). The first-order chi connectivity index (χ1) is 6.26. The summed E-state index contributed by atoms with van der Waals surface area (Å²) in [5.74, 6) is 0. The van der Waals surface area contributed by atoms with Crippen molar-refractivity contribution >= 4 is 6.72 Å². The van der Waals surface area contributed by atoms with Crippen LogP contribution in [-0.2, 0) is 0 Å². The Bertz CT molecular complexity index is 173. The Morgan fingerprint density at radius 2 is 1.92 bits per heavy atom. The molecule has 0 heterocycles. The summed E-state index contributed by atoms with van der Waals surface area (Å²) < 4.78 is 0. The average molecular weight is 180 g/mol. The van der Waals surface area contributed by atoms with Gasteiger partial charge >= 0.3 is 0 Å². The van der Waals surface area contributed by atoms with E-state index in [0.717, 1.165) is 6.42 Å². The predicted molar refractivity (Wildman–Crippen MR) is 60.8 cm³/mol. The quantitative estimate of drug-likeness (QED) is 0.362. The summed E-state index contributed by atoms with van der Waals surface area (Å²) in [5.41, 5.74) is 0.410. The van der Waals surface area contributed by atoms with Crippen molar-refractivity contribution in [3.05, 3.63) is 24.4 Å². The van der Waals surface area contributed by atoms with Crippen LogP contribution in [0.3, 0.4) is 0 Å². The van der Waals surface area contributed by atoms with E-state index in [0.29, 0.717) is 5.70 Å². The lowest BCUT2D eigenvalue weighted by molar-refractivity contribution is 1.19. The van der Waals surface area contributed by atoms with Crippen molar-refractivity contribution in [2.45, 2.75) is 34.1 Å². The zero-order valence-electron chi connectivity index (χ0n) is 9.17. The molecule has 0 atom stereocenters. The third-order valence-corrected chi connectivity index (χ3v) is 0.682. The van der Waals surface area contributed by atoms with E-state index in [2.05, 4.69) is 18.3 Å².